The van der Waals surface area contributed by atoms with Crippen LogP contribution in [0.2, 0.25) is 0 Å². The number of aromatic nitrogens is 2. The first-order chi connectivity index (χ1) is 14.1. The van der Waals surface area contributed by atoms with E-state index >= 15 is 0 Å². The standard InChI is InChI=1S/C21H31N3O5S/c1-7-21(5,27)12-24(9-8-10-28-6)11-15-22-18(25)16-14(4)17(30-19(16)23-15)20(26)29-13(2)3/h7,13,27H,1,8-12H2,2-6H3,(H,22,23,25). The van der Waals surface area contributed by atoms with E-state index < -0.39 is 11.6 Å². The summed E-state index contributed by atoms with van der Waals surface area (Å²) in [5.41, 5.74) is -0.794. The Hall–Kier alpha value is -2.07. The van der Waals surface area contributed by atoms with Gasteiger partial charge in [0.2, 0.25) is 0 Å². The number of aromatic amines is 1. The van der Waals surface area contributed by atoms with Crippen LogP contribution in [0.25, 0.3) is 10.2 Å². The molecule has 0 radical (unpaired) electrons. The number of esters is 1. The molecule has 0 aliphatic carbocycles. The molecule has 2 heterocycles. The van der Waals surface area contributed by atoms with Crippen LogP contribution in [0.1, 0.15) is 48.3 Å². The first-order valence-corrected chi connectivity index (χ1v) is 10.7. The van der Waals surface area contributed by atoms with Crippen molar-refractivity contribution in [3.63, 3.8) is 0 Å². The van der Waals surface area contributed by atoms with Crippen molar-refractivity contribution in [1.82, 2.24) is 14.9 Å². The van der Waals surface area contributed by atoms with E-state index in [4.69, 9.17) is 9.47 Å². The Morgan fingerprint density at radius 2 is 2.17 bits per heavy atom. The van der Waals surface area contributed by atoms with Gasteiger partial charge in [-0.05, 0) is 39.7 Å². The molecule has 166 valence electrons. The van der Waals surface area contributed by atoms with Crippen molar-refractivity contribution < 1.29 is 19.4 Å². The summed E-state index contributed by atoms with van der Waals surface area (Å²) in [6.07, 6.45) is 2.01. The molecule has 0 bridgehead atoms. The highest BCUT2D eigenvalue weighted by molar-refractivity contribution is 7.20. The molecule has 2 aromatic rings. The second-order valence-corrected chi connectivity index (χ2v) is 8.82. The van der Waals surface area contributed by atoms with Crippen LogP contribution < -0.4 is 5.56 Å². The first kappa shape index (κ1) is 24.2. The second-order valence-electron chi connectivity index (χ2n) is 7.82. The summed E-state index contributed by atoms with van der Waals surface area (Å²) in [7, 11) is 1.64. The van der Waals surface area contributed by atoms with E-state index in [9.17, 15) is 14.7 Å². The Kier molecular flexibility index (Phi) is 8.31. The summed E-state index contributed by atoms with van der Waals surface area (Å²) in [5.74, 6) is 0.0180. The highest BCUT2D eigenvalue weighted by Crippen LogP contribution is 2.28. The zero-order valence-corrected chi connectivity index (χ0v) is 19.1. The quantitative estimate of drug-likeness (QED) is 0.316. The third-order valence-electron chi connectivity index (χ3n) is 4.56. The molecule has 2 N–H and O–H groups in total. The van der Waals surface area contributed by atoms with E-state index in [2.05, 4.69) is 16.5 Å². The van der Waals surface area contributed by atoms with Gasteiger partial charge in [-0.25, -0.2) is 9.78 Å². The van der Waals surface area contributed by atoms with Crippen molar-refractivity contribution >= 4 is 27.5 Å². The number of nitrogens with zero attached hydrogens (tertiary/aromatic N) is 2. The molecule has 8 nitrogen and oxygen atoms in total. The molecule has 0 saturated carbocycles. The van der Waals surface area contributed by atoms with Crippen molar-refractivity contribution in [2.24, 2.45) is 0 Å². The minimum Gasteiger partial charge on any atom is -0.459 e. The molecular weight excluding hydrogens is 406 g/mol. The number of thiophene rings is 1. The fourth-order valence-corrected chi connectivity index (χ4v) is 4.18. The van der Waals surface area contributed by atoms with Crippen LogP contribution in [0.4, 0.5) is 0 Å². The van der Waals surface area contributed by atoms with Crippen LogP contribution in [-0.4, -0.2) is 64.5 Å². The summed E-state index contributed by atoms with van der Waals surface area (Å²) in [6.45, 7) is 12.5. The second kappa shape index (κ2) is 10.3. The smallest absolute Gasteiger partial charge is 0.348 e. The average Bonchev–Trinajstić information content (AvgIpc) is 2.98. The number of carbonyl (C=O) groups excluding carboxylic acids is 1. The minimum absolute atomic E-state index is 0.248. The highest BCUT2D eigenvalue weighted by Gasteiger charge is 2.23. The number of hydrogen-bond donors (Lipinski definition) is 2. The molecule has 0 aliphatic heterocycles. The lowest BCUT2D eigenvalue weighted by Crippen LogP contribution is -2.40. The molecule has 9 heteroatoms. The van der Waals surface area contributed by atoms with Crippen LogP contribution >= 0.6 is 11.3 Å². The molecule has 0 aliphatic rings. The van der Waals surface area contributed by atoms with Crippen LogP contribution in [0.3, 0.4) is 0 Å². The van der Waals surface area contributed by atoms with Gasteiger partial charge in [-0.15, -0.1) is 17.9 Å². The molecular formula is C21H31N3O5S. The summed E-state index contributed by atoms with van der Waals surface area (Å²) >= 11 is 1.16. The monoisotopic (exact) mass is 437 g/mol. The zero-order chi connectivity index (χ0) is 22.5. The maximum Gasteiger partial charge on any atom is 0.348 e. The number of fused-ring (bicyclic) bond motifs is 1. The van der Waals surface area contributed by atoms with Crippen LogP contribution in [0, 0.1) is 6.92 Å². The lowest BCUT2D eigenvalue weighted by molar-refractivity contribution is 0.0383. The van der Waals surface area contributed by atoms with E-state index in [1.165, 1.54) is 6.08 Å². The van der Waals surface area contributed by atoms with E-state index in [0.717, 1.165) is 17.8 Å². The van der Waals surface area contributed by atoms with Gasteiger partial charge in [0.15, 0.2) is 0 Å². The van der Waals surface area contributed by atoms with E-state index in [0.29, 0.717) is 52.7 Å². The van der Waals surface area contributed by atoms with Gasteiger partial charge in [0.25, 0.3) is 5.56 Å². The van der Waals surface area contributed by atoms with Gasteiger partial charge in [0.05, 0.1) is 23.6 Å². The fraction of sp³-hybridized carbons (Fsp3) is 0.571. The lowest BCUT2D eigenvalue weighted by Gasteiger charge is -2.29. The number of aliphatic hydroxyl groups is 1. The Balaban J connectivity index is 2.34. The Bertz CT molecular complexity index is 948. The molecule has 2 aromatic heterocycles. The maximum absolute atomic E-state index is 12.7. The average molecular weight is 438 g/mol. The number of rotatable bonds is 11. The topological polar surface area (TPSA) is 105 Å². The van der Waals surface area contributed by atoms with Crippen LogP contribution in [0.5, 0.6) is 0 Å². The van der Waals surface area contributed by atoms with E-state index in [-0.39, 0.29) is 11.7 Å². The number of nitrogens with one attached hydrogen (secondary N) is 1. The number of H-pyrrole nitrogens is 1. The lowest BCUT2D eigenvalue weighted by atomic mass is 10.1. The summed E-state index contributed by atoms with van der Waals surface area (Å²) in [5, 5.41) is 10.8. The Morgan fingerprint density at radius 3 is 2.77 bits per heavy atom. The van der Waals surface area contributed by atoms with Crippen molar-refractivity contribution in [3.05, 3.63) is 39.3 Å². The molecule has 0 saturated heterocycles. The largest absolute Gasteiger partial charge is 0.459 e. The van der Waals surface area contributed by atoms with E-state index in [1.807, 2.05) is 4.90 Å². The predicted molar refractivity (Wildman–Crippen MR) is 118 cm³/mol. The number of ether oxygens (including phenoxy) is 2. The van der Waals surface area contributed by atoms with Crippen LogP contribution in [-0.2, 0) is 16.0 Å². The summed E-state index contributed by atoms with van der Waals surface area (Å²) in [4.78, 5) is 35.3. The third kappa shape index (κ3) is 6.21. The SMILES string of the molecule is C=CC(C)(O)CN(CCCOC)Cc1nc2sc(C(=O)OC(C)C)c(C)c2c(=O)[nH]1. The molecule has 1 atom stereocenters. The van der Waals surface area contributed by atoms with Crippen molar-refractivity contribution in [1.29, 1.82) is 0 Å². The van der Waals surface area contributed by atoms with E-state index in [1.54, 1.807) is 34.8 Å². The van der Waals surface area contributed by atoms with Crippen molar-refractivity contribution in [2.75, 3.05) is 26.8 Å². The van der Waals surface area contributed by atoms with Gasteiger partial charge in [-0.3, -0.25) is 9.69 Å². The molecule has 0 spiro atoms. The summed E-state index contributed by atoms with van der Waals surface area (Å²) < 4.78 is 10.4. The molecule has 0 fully saturated rings. The minimum atomic E-state index is -1.08. The summed E-state index contributed by atoms with van der Waals surface area (Å²) in [6, 6.07) is 0. The normalized spacial score (nSPS) is 13.7. The van der Waals surface area contributed by atoms with Gasteiger partial charge in [-0.1, -0.05) is 6.08 Å². The van der Waals surface area contributed by atoms with Gasteiger partial charge in [-0.2, -0.15) is 0 Å². The van der Waals surface area contributed by atoms with Crippen molar-refractivity contribution in [3.8, 4) is 0 Å². The highest BCUT2D eigenvalue weighted by atomic mass is 32.1. The molecule has 1 unspecified atom stereocenters. The number of hydrogen-bond acceptors (Lipinski definition) is 8. The molecule has 0 aromatic carbocycles. The van der Waals surface area contributed by atoms with Gasteiger partial charge < -0.3 is 19.6 Å². The van der Waals surface area contributed by atoms with Crippen molar-refractivity contribution in [2.45, 2.75) is 52.4 Å². The molecule has 0 amide bonds. The van der Waals surface area contributed by atoms with Gasteiger partial charge in [0.1, 0.15) is 15.5 Å². The number of aryl methyl sites for hydroxylation is 1. The fourth-order valence-electron chi connectivity index (χ4n) is 3.10. The van der Waals surface area contributed by atoms with Crippen LogP contribution in [0.15, 0.2) is 17.4 Å². The number of carbonyl (C=O) groups is 1. The third-order valence-corrected chi connectivity index (χ3v) is 5.72. The zero-order valence-electron chi connectivity index (χ0n) is 18.3. The number of methoxy groups -OCH3 is 1. The molecule has 2 rings (SSSR count). The van der Waals surface area contributed by atoms with Gasteiger partial charge in [0, 0.05) is 26.8 Å². The predicted octanol–water partition coefficient (Wildman–Crippen LogP) is 2.63. The molecule has 30 heavy (non-hydrogen) atoms. The maximum atomic E-state index is 12.7. The Morgan fingerprint density at radius 1 is 1.47 bits per heavy atom. The van der Waals surface area contributed by atoms with Gasteiger partial charge >= 0.3 is 5.97 Å². The first-order valence-electron chi connectivity index (χ1n) is 9.88. The Labute approximate surface area is 180 Å².